The Balaban J connectivity index is 2.18. The lowest BCUT2D eigenvalue weighted by atomic mass is 10.1. The average molecular weight is 264 g/mol. The minimum absolute atomic E-state index is 0.135. The number of benzene rings is 1. The Morgan fingerprint density at radius 3 is 2.95 bits per heavy atom. The Hall–Kier alpha value is -1.09. The number of rotatable bonds is 6. The Morgan fingerprint density at radius 1 is 1.37 bits per heavy atom. The second-order valence-electron chi connectivity index (χ2n) is 5.35. The third-order valence-corrected chi connectivity index (χ3v) is 3.94. The van der Waals surface area contributed by atoms with Crippen LogP contribution in [-0.2, 0) is 6.54 Å². The zero-order valence-electron chi connectivity index (χ0n) is 12.1. The lowest BCUT2D eigenvalue weighted by Gasteiger charge is -2.28. The second kappa shape index (κ2) is 6.90. The van der Waals surface area contributed by atoms with Gasteiger partial charge in [-0.2, -0.15) is 0 Å². The maximum atomic E-state index is 13.5. The summed E-state index contributed by atoms with van der Waals surface area (Å²) in [5, 5.41) is 3.38. The van der Waals surface area contributed by atoms with Gasteiger partial charge in [-0.25, -0.2) is 4.39 Å². The van der Waals surface area contributed by atoms with Crippen molar-refractivity contribution in [2.24, 2.45) is 0 Å². The molecule has 1 atom stereocenters. The molecule has 1 aromatic rings. The quantitative estimate of drug-likeness (QED) is 0.788. The van der Waals surface area contributed by atoms with Gasteiger partial charge in [-0.15, -0.1) is 0 Å². The van der Waals surface area contributed by atoms with Crippen molar-refractivity contribution in [3.8, 4) is 0 Å². The monoisotopic (exact) mass is 264 g/mol. The number of anilines is 1. The van der Waals surface area contributed by atoms with Gasteiger partial charge in [0, 0.05) is 24.8 Å². The van der Waals surface area contributed by atoms with Crippen LogP contribution in [0.5, 0.6) is 0 Å². The summed E-state index contributed by atoms with van der Waals surface area (Å²) in [7, 11) is 0. The van der Waals surface area contributed by atoms with Gasteiger partial charge in [0.25, 0.3) is 0 Å². The molecule has 1 aliphatic heterocycles. The molecule has 2 rings (SSSR count). The molecule has 1 fully saturated rings. The van der Waals surface area contributed by atoms with Crippen LogP contribution in [0.15, 0.2) is 18.2 Å². The van der Waals surface area contributed by atoms with E-state index in [1.807, 2.05) is 6.07 Å². The van der Waals surface area contributed by atoms with Gasteiger partial charge < -0.3 is 10.2 Å². The van der Waals surface area contributed by atoms with Crippen molar-refractivity contribution in [1.29, 1.82) is 0 Å². The fourth-order valence-corrected chi connectivity index (χ4v) is 2.95. The van der Waals surface area contributed by atoms with Crippen LogP contribution < -0.4 is 10.2 Å². The Labute approximate surface area is 116 Å². The molecule has 0 amide bonds. The topological polar surface area (TPSA) is 15.3 Å². The van der Waals surface area contributed by atoms with E-state index in [1.54, 1.807) is 12.1 Å². The molecule has 3 heteroatoms. The highest BCUT2D eigenvalue weighted by Crippen LogP contribution is 2.30. The Kier molecular flexibility index (Phi) is 5.20. The molecule has 2 nitrogen and oxygen atoms in total. The first-order valence-electron chi connectivity index (χ1n) is 7.52. The van der Waals surface area contributed by atoms with E-state index in [2.05, 4.69) is 24.1 Å². The van der Waals surface area contributed by atoms with Crippen molar-refractivity contribution in [1.82, 2.24) is 5.32 Å². The van der Waals surface area contributed by atoms with E-state index in [-0.39, 0.29) is 5.82 Å². The Morgan fingerprint density at radius 2 is 2.21 bits per heavy atom. The molecule has 0 spiro atoms. The molecular formula is C16H25FN2. The minimum atomic E-state index is -0.135. The predicted molar refractivity (Wildman–Crippen MR) is 79.1 cm³/mol. The van der Waals surface area contributed by atoms with E-state index in [9.17, 15) is 4.39 Å². The first-order valence-corrected chi connectivity index (χ1v) is 7.52. The van der Waals surface area contributed by atoms with Crippen molar-refractivity contribution in [2.45, 2.75) is 52.1 Å². The zero-order valence-corrected chi connectivity index (χ0v) is 12.1. The third-order valence-electron chi connectivity index (χ3n) is 3.94. The highest BCUT2D eigenvalue weighted by Gasteiger charge is 2.24. The molecule has 0 aromatic heterocycles. The van der Waals surface area contributed by atoms with Crippen LogP contribution >= 0.6 is 0 Å². The van der Waals surface area contributed by atoms with Gasteiger partial charge in [0.15, 0.2) is 0 Å². The number of nitrogens with one attached hydrogen (secondary N) is 1. The number of hydrogen-bond acceptors (Lipinski definition) is 2. The number of nitrogens with zero attached hydrogens (tertiary/aromatic N) is 1. The van der Waals surface area contributed by atoms with Crippen LogP contribution in [-0.4, -0.2) is 19.1 Å². The standard InChI is InChI=1S/C16H25FN2/c1-3-9-18-12-13-11-14(17)7-8-16(13)19-10-5-6-15(19)4-2/h7-8,11,15,18H,3-6,9-10,12H2,1-2H3. The highest BCUT2D eigenvalue weighted by atomic mass is 19.1. The van der Waals surface area contributed by atoms with Gasteiger partial charge in [0.05, 0.1) is 0 Å². The summed E-state index contributed by atoms with van der Waals surface area (Å²) in [6.07, 6.45) is 4.78. The summed E-state index contributed by atoms with van der Waals surface area (Å²) in [5.41, 5.74) is 2.31. The summed E-state index contributed by atoms with van der Waals surface area (Å²) >= 11 is 0. The maximum Gasteiger partial charge on any atom is 0.123 e. The fraction of sp³-hybridized carbons (Fsp3) is 0.625. The van der Waals surface area contributed by atoms with E-state index in [4.69, 9.17) is 0 Å². The number of halogens is 1. The van der Waals surface area contributed by atoms with Gasteiger partial charge >= 0.3 is 0 Å². The van der Waals surface area contributed by atoms with Crippen molar-refractivity contribution in [2.75, 3.05) is 18.0 Å². The summed E-state index contributed by atoms with van der Waals surface area (Å²) in [4.78, 5) is 2.46. The summed E-state index contributed by atoms with van der Waals surface area (Å²) < 4.78 is 13.5. The van der Waals surface area contributed by atoms with Gasteiger partial charge in [-0.3, -0.25) is 0 Å². The molecule has 1 heterocycles. The van der Waals surface area contributed by atoms with Crippen molar-refractivity contribution >= 4 is 5.69 Å². The van der Waals surface area contributed by atoms with E-state index >= 15 is 0 Å². The fourth-order valence-electron chi connectivity index (χ4n) is 2.95. The largest absolute Gasteiger partial charge is 0.368 e. The molecule has 1 aliphatic rings. The van der Waals surface area contributed by atoms with Crippen molar-refractivity contribution < 1.29 is 4.39 Å². The van der Waals surface area contributed by atoms with Crippen LogP contribution in [0.4, 0.5) is 10.1 Å². The first-order chi connectivity index (χ1) is 9.26. The SMILES string of the molecule is CCCNCc1cc(F)ccc1N1CCCC1CC. The third kappa shape index (κ3) is 3.47. The molecule has 0 saturated carbocycles. The molecule has 1 unspecified atom stereocenters. The average Bonchev–Trinajstić information content (AvgIpc) is 2.87. The van der Waals surface area contributed by atoms with Crippen LogP contribution in [0.3, 0.4) is 0 Å². The van der Waals surface area contributed by atoms with Crippen molar-refractivity contribution in [3.63, 3.8) is 0 Å². The van der Waals surface area contributed by atoms with E-state index < -0.39 is 0 Å². The van der Waals surface area contributed by atoms with Crippen LogP contribution in [0.25, 0.3) is 0 Å². The molecule has 106 valence electrons. The molecule has 0 aliphatic carbocycles. The van der Waals surface area contributed by atoms with Gasteiger partial charge in [0.2, 0.25) is 0 Å². The summed E-state index contributed by atoms with van der Waals surface area (Å²) in [6.45, 7) is 7.22. The van der Waals surface area contributed by atoms with Crippen LogP contribution in [0.1, 0.15) is 45.1 Å². The lowest BCUT2D eigenvalue weighted by Crippen LogP contribution is -2.30. The minimum Gasteiger partial charge on any atom is -0.368 e. The molecule has 1 aromatic carbocycles. The first kappa shape index (κ1) is 14.3. The van der Waals surface area contributed by atoms with Crippen molar-refractivity contribution in [3.05, 3.63) is 29.6 Å². The summed E-state index contributed by atoms with van der Waals surface area (Å²) in [5.74, 6) is -0.135. The zero-order chi connectivity index (χ0) is 13.7. The maximum absolute atomic E-state index is 13.5. The second-order valence-corrected chi connectivity index (χ2v) is 5.35. The van der Waals surface area contributed by atoms with Crippen LogP contribution in [0, 0.1) is 5.82 Å². The predicted octanol–water partition coefficient (Wildman–Crippen LogP) is 3.70. The molecule has 0 radical (unpaired) electrons. The van der Waals surface area contributed by atoms with E-state index in [0.717, 1.165) is 31.6 Å². The molecule has 0 bridgehead atoms. The van der Waals surface area contributed by atoms with Gasteiger partial charge in [0.1, 0.15) is 5.82 Å². The van der Waals surface area contributed by atoms with Crippen LogP contribution in [0.2, 0.25) is 0 Å². The Bertz CT molecular complexity index is 406. The molecule has 19 heavy (non-hydrogen) atoms. The molecule has 1 saturated heterocycles. The molecule has 1 N–H and O–H groups in total. The lowest BCUT2D eigenvalue weighted by molar-refractivity contribution is 0.612. The highest BCUT2D eigenvalue weighted by molar-refractivity contribution is 5.55. The smallest absolute Gasteiger partial charge is 0.123 e. The van der Waals surface area contributed by atoms with Gasteiger partial charge in [-0.05, 0) is 56.0 Å². The molecular weight excluding hydrogens is 239 g/mol. The number of hydrogen-bond donors (Lipinski definition) is 1. The summed E-state index contributed by atoms with van der Waals surface area (Å²) in [6, 6.07) is 5.84. The van der Waals surface area contributed by atoms with E-state index in [1.165, 1.54) is 24.9 Å². The van der Waals surface area contributed by atoms with Gasteiger partial charge in [-0.1, -0.05) is 13.8 Å². The van der Waals surface area contributed by atoms with E-state index in [0.29, 0.717) is 6.04 Å². The normalized spacial score (nSPS) is 19.1.